The molecule has 19 heavy (non-hydrogen) atoms. The summed E-state index contributed by atoms with van der Waals surface area (Å²) in [6.45, 7) is 2.93. The fourth-order valence-electron chi connectivity index (χ4n) is 1.78. The Balaban J connectivity index is 1.74. The Hall–Kier alpha value is -1.33. The van der Waals surface area contributed by atoms with Crippen molar-refractivity contribution in [1.82, 2.24) is 15.1 Å². The lowest BCUT2D eigenvalue weighted by Crippen LogP contribution is -2.21. The number of hydrogen-bond acceptors (Lipinski definition) is 3. The molecule has 0 aliphatic carbocycles. The number of thioether (sulfide) groups is 1. The van der Waals surface area contributed by atoms with Gasteiger partial charge in [0.1, 0.15) is 5.82 Å². The monoisotopic (exact) mass is 279 g/mol. The first-order valence-corrected chi connectivity index (χ1v) is 7.24. The Morgan fingerprint density at radius 1 is 1.42 bits per heavy atom. The van der Waals surface area contributed by atoms with E-state index in [1.54, 1.807) is 10.7 Å². The first-order chi connectivity index (χ1) is 9.16. The van der Waals surface area contributed by atoms with Gasteiger partial charge < -0.3 is 5.32 Å². The number of halogens is 1. The molecule has 1 aromatic heterocycles. The summed E-state index contributed by atoms with van der Waals surface area (Å²) in [6.07, 6.45) is 3.86. The standard InChI is InChI=1S/C14H18FN3S/c1-11(12-9-17-18(2)10-12)16-7-8-19-14-6-4-3-5-13(14)15/h3-6,9-11,16H,7-8H2,1-2H3/t11-/m0/s1. The minimum atomic E-state index is -0.146. The molecule has 2 rings (SSSR count). The molecule has 0 spiro atoms. The van der Waals surface area contributed by atoms with E-state index in [9.17, 15) is 4.39 Å². The van der Waals surface area contributed by atoms with Gasteiger partial charge in [0.25, 0.3) is 0 Å². The lowest BCUT2D eigenvalue weighted by atomic mass is 10.2. The predicted octanol–water partition coefficient (Wildman–Crippen LogP) is 3.00. The average molecular weight is 279 g/mol. The van der Waals surface area contributed by atoms with Crippen LogP contribution in [0, 0.1) is 5.82 Å². The minimum Gasteiger partial charge on any atom is -0.309 e. The molecule has 0 aliphatic rings. The molecule has 0 aliphatic heterocycles. The molecule has 0 radical (unpaired) electrons. The van der Waals surface area contributed by atoms with E-state index in [0.29, 0.717) is 4.90 Å². The van der Waals surface area contributed by atoms with Crippen LogP contribution in [0.4, 0.5) is 4.39 Å². The molecule has 0 saturated heterocycles. The number of rotatable bonds is 6. The maximum atomic E-state index is 13.4. The Morgan fingerprint density at radius 2 is 2.21 bits per heavy atom. The molecule has 3 nitrogen and oxygen atoms in total. The molecule has 0 fully saturated rings. The van der Waals surface area contributed by atoms with Crippen LogP contribution in [0.25, 0.3) is 0 Å². The minimum absolute atomic E-state index is 0.146. The maximum Gasteiger partial charge on any atom is 0.136 e. The Morgan fingerprint density at radius 3 is 2.89 bits per heavy atom. The van der Waals surface area contributed by atoms with Gasteiger partial charge in [-0.05, 0) is 19.1 Å². The van der Waals surface area contributed by atoms with Crippen LogP contribution in [0.15, 0.2) is 41.6 Å². The van der Waals surface area contributed by atoms with E-state index < -0.39 is 0 Å². The second-order valence-electron chi connectivity index (χ2n) is 4.40. The molecule has 0 amide bonds. The summed E-state index contributed by atoms with van der Waals surface area (Å²) in [5, 5.41) is 7.55. The van der Waals surface area contributed by atoms with Crippen LogP contribution >= 0.6 is 11.8 Å². The van der Waals surface area contributed by atoms with Gasteiger partial charge in [-0.15, -0.1) is 11.8 Å². The maximum absolute atomic E-state index is 13.4. The van der Waals surface area contributed by atoms with Crippen molar-refractivity contribution >= 4 is 11.8 Å². The van der Waals surface area contributed by atoms with Crippen molar-refractivity contribution in [3.05, 3.63) is 48.0 Å². The lowest BCUT2D eigenvalue weighted by molar-refractivity contribution is 0.596. The van der Waals surface area contributed by atoms with Crippen molar-refractivity contribution in [2.75, 3.05) is 12.3 Å². The molecule has 1 atom stereocenters. The third-order valence-electron chi connectivity index (χ3n) is 2.87. The normalized spacial score (nSPS) is 12.6. The van der Waals surface area contributed by atoms with Gasteiger partial charge in [-0.2, -0.15) is 5.10 Å². The largest absolute Gasteiger partial charge is 0.309 e. The highest BCUT2D eigenvalue weighted by Crippen LogP contribution is 2.20. The summed E-state index contributed by atoms with van der Waals surface area (Å²) in [7, 11) is 1.91. The van der Waals surface area contributed by atoms with E-state index in [1.165, 1.54) is 23.4 Å². The van der Waals surface area contributed by atoms with E-state index in [2.05, 4.69) is 17.3 Å². The van der Waals surface area contributed by atoms with Crippen LogP contribution in [-0.2, 0) is 7.05 Å². The van der Waals surface area contributed by atoms with Crippen molar-refractivity contribution in [3.8, 4) is 0 Å². The molecular weight excluding hydrogens is 261 g/mol. The topological polar surface area (TPSA) is 29.9 Å². The summed E-state index contributed by atoms with van der Waals surface area (Å²) < 4.78 is 15.2. The summed E-state index contributed by atoms with van der Waals surface area (Å²) in [5.74, 6) is 0.693. The fourth-order valence-corrected chi connectivity index (χ4v) is 2.60. The van der Waals surface area contributed by atoms with E-state index in [4.69, 9.17) is 0 Å². The molecular formula is C14H18FN3S. The summed E-state index contributed by atoms with van der Waals surface area (Å²) in [5.41, 5.74) is 1.17. The SMILES string of the molecule is C[C@H](NCCSc1ccccc1F)c1cnn(C)c1. The first kappa shape index (κ1) is 14.1. The van der Waals surface area contributed by atoms with Gasteiger partial charge >= 0.3 is 0 Å². The molecule has 2 aromatic rings. The Labute approximate surface area is 117 Å². The number of hydrogen-bond donors (Lipinski definition) is 1. The lowest BCUT2D eigenvalue weighted by Gasteiger charge is -2.11. The van der Waals surface area contributed by atoms with Crippen molar-refractivity contribution in [1.29, 1.82) is 0 Å². The molecule has 1 aromatic carbocycles. The molecule has 5 heteroatoms. The molecule has 1 heterocycles. The van der Waals surface area contributed by atoms with E-state index in [1.807, 2.05) is 31.6 Å². The van der Waals surface area contributed by atoms with Crippen LogP contribution in [0.5, 0.6) is 0 Å². The van der Waals surface area contributed by atoms with Crippen molar-refractivity contribution < 1.29 is 4.39 Å². The molecule has 1 N–H and O–H groups in total. The zero-order chi connectivity index (χ0) is 13.7. The zero-order valence-electron chi connectivity index (χ0n) is 11.1. The molecule has 0 bridgehead atoms. The van der Waals surface area contributed by atoms with Gasteiger partial charge in [0, 0.05) is 42.0 Å². The highest BCUT2D eigenvalue weighted by atomic mass is 32.2. The predicted molar refractivity (Wildman–Crippen MR) is 76.7 cm³/mol. The van der Waals surface area contributed by atoms with Crippen molar-refractivity contribution in [2.24, 2.45) is 7.05 Å². The highest BCUT2D eigenvalue weighted by Gasteiger charge is 2.06. The molecule has 0 saturated carbocycles. The van der Waals surface area contributed by atoms with Gasteiger partial charge in [0.15, 0.2) is 0 Å². The van der Waals surface area contributed by atoms with Crippen LogP contribution in [0.2, 0.25) is 0 Å². The van der Waals surface area contributed by atoms with E-state index >= 15 is 0 Å². The van der Waals surface area contributed by atoms with Gasteiger partial charge in [0.2, 0.25) is 0 Å². The van der Waals surface area contributed by atoms with Crippen LogP contribution < -0.4 is 5.32 Å². The average Bonchev–Trinajstić information content (AvgIpc) is 2.83. The molecule has 102 valence electrons. The number of aromatic nitrogens is 2. The van der Waals surface area contributed by atoms with Crippen LogP contribution in [-0.4, -0.2) is 22.1 Å². The number of benzene rings is 1. The third-order valence-corrected chi connectivity index (χ3v) is 3.92. The highest BCUT2D eigenvalue weighted by molar-refractivity contribution is 7.99. The zero-order valence-corrected chi connectivity index (χ0v) is 12.0. The second kappa shape index (κ2) is 6.73. The first-order valence-electron chi connectivity index (χ1n) is 6.26. The number of nitrogens with zero attached hydrogens (tertiary/aromatic N) is 2. The Kier molecular flexibility index (Phi) is 4.99. The summed E-state index contributed by atoms with van der Waals surface area (Å²) >= 11 is 1.53. The molecule has 0 unspecified atom stereocenters. The quantitative estimate of drug-likeness (QED) is 0.651. The Bertz CT molecular complexity index is 527. The van der Waals surface area contributed by atoms with Gasteiger partial charge in [-0.3, -0.25) is 4.68 Å². The smallest absolute Gasteiger partial charge is 0.136 e. The second-order valence-corrected chi connectivity index (χ2v) is 5.54. The van der Waals surface area contributed by atoms with Crippen LogP contribution in [0.3, 0.4) is 0 Å². The summed E-state index contributed by atoms with van der Waals surface area (Å²) in [6, 6.07) is 7.13. The summed E-state index contributed by atoms with van der Waals surface area (Å²) in [4.78, 5) is 0.707. The van der Waals surface area contributed by atoms with Crippen LogP contribution in [0.1, 0.15) is 18.5 Å². The van der Waals surface area contributed by atoms with Gasteiger partial charge in [-0.1, -0.05) is 12.1 Å². The fraction of sp³-hybridized carbons (Fsp3) is 0.357. The van der Waals surface area contributed by atoms with Gasteiger partial charge in [0.05, 0.1) is 6.20 Å². The van der Waals surface area contributed by atoms with E-state index in [0.717, 1.165) is 12.3 Å². The number of nitrogens with one attached hydrogen (secondary N) is 1. The van der Waals surface area contributed by atoms with Gasteiger partial charge in [-0.25, -0.2) is 4.39 Å². The number of aryl methyl sites for hydroxylation is 1. The third kappa shape index (κ3) is 4.08. The van der Waals surface area contributed by atoms with Crippen molar-refractivity contribution in [2.45, 2.75) is 17.9 Å². The van der Waals surface area contributed by atoms with Crippen molar-refractivity contribution in [3.63, 3.8) is 0 Å². The van der Waals surface area contributed by atoms with E-state index in [-0.39, 0.29) is 11.9 Å².